The van der Waals surface area contributed by atoms with E-state index in [1.165, 1.54) is 4.90 Å². The summed E-state index contributed by atoms with van der Waals surface area (Å²) in [6.07, 6.45) is 0.159. The molecule has 1 aliphatic rings. The van der Waals surface area contributed by atoms with Crippen LogP contribution in [0.2, 0.25) is 5.02 Å². The molecular weight excluding hydrogens is 392 g/mol. The number of carbonyl (C=O) groups excluding carboxylic acids is 2. The lowest BCUT2D eigenvalue weighted by molar-refractivity contribution is -0.130. The standard InChI is InChI=1S/C22H25ClN2O4/c1-13(2)29-19-11-17-15(9-18(19)28-12-21(27)25(3)4)10-20(26)24-22(17)14-5-7-16(23)8-6-14/h5-9,11,13,22H,10,12H2,1-4H3,(H,24,26)/t22-/m0/s1. The first-order chi connectivity index (χ1) is 13.7. The van der Waals surface area contributed by atoms with E-state index in [0.29, 0.717) is 16.5 Å². The molecule has 2 aromatic rings. The first-order valence-electron chi connectivity index (χ1n) is 9.46. The van der Waals surface area contributed by atoms with Crippen LogP contribution < -0.4 is 14.8 Å². The van der Waals surface area contributed by atoms with E-state index >= 15 is 0 Å². The van der Waals surface area contributed by atoms with Gasteiger partial charge in [0.2, 0.25) is 5.91 Å². The van der Waals surface area contributed by atoms with Crippen molar-refractivity contribution in [2.24, 2.45) is 0 Å². The van der Waals surface area contributed by atoms with Crippen molar-refractivity contribution in [3.63, 3.8) is 0 Å². The van der Waals surface area contributed by atoms with Crippen LogP contribution in [0.25, 0.3) is 0 Å². The number of hydrogen-bond donors (Lipinski definition) is 1. The van der Waals surface area contributed by atoms with Gasteiger partial charge in [-0.3, -0.25) is 9.59 Å². The van der Waals surface area contributed by atoms with Gasteiger partial charge in [0.15, 0.2) is 18.1 Å². The zero-order valence-corrected chi connectivity index (χ0v) is 17.7. The van der Waals surface area contributed by atoms with E-state index in [9.17, 15) is 9.59 Å². The number of halogens is 1. The van der Waals surface area contributed by atoms with Crippen molar-refractivity contribution in [3.05, 3.63) is 58.1 Å². The highest BCUT2D eigenvalue weighted by Crippen LogP contribution is 2.38. The van der Waals surface area contributed by atoms with Gasteiger partial charge in [0, 0.05) is 19.1 Å². The van der Waals surface area contributed by atoms with Crippen LogP contribution in [0.1, 0.15) is 36.6 Å². The third kappa shape index (κ3) is 5.01. The Morgan fingerprint density at radius 2 is 1.90 bits per heavy atom. The average molecular weight is 417 g/mol. The summed E-state index contributed by atoms with van der Waals surface area (Å²) in [6.45, 7) is 3.74. The van der Waals surface area contributed by atoms with Crippen molar-refractivity contribution in [2.45, 2.75) is 32.4 Å². The van der Waals surface area contributed by atoms with Crippen molar-refractivity contribution in [1.82, 2.24) is 10.2 Å². The quantitative estimate of drug-likeness (QED) is 0.784. The van der Waals surface area contributed by atoms with Crippen molar-refractivity contribution >= 4 is 23.4 Å². The molecule has 0 fully saturated rings. The normalized spacial score (nSPS) is 15.5. The SMILES string of the molecule is CC(C)Oc1cc2c(cc1OCC(=O)N(C)C)CC(=O)N[C@H]2c1ccc(Cl)cc1. The number of nitrogens with zero attached hydrogens (tertiary/aromatic N) is 1. The second-order valence-corrected chi connectivity index (χ2v) is 7.91. The average Bonchev–Trinajstić information content (AvgIpc) is 2.66. The Labute approximate surface area is 175 Å². The van der Waals surface area contributed by atoms with Crippen LogP contribution in [0.4, 0.5) is 0 Å². The maximum Gasteiger partial charge on any atom is 0.259 e. The number of nitrogens with one attached hydrogen (secondary N) is 1. The highest BCUT2D eigenvalue weighted by atomic mass is 35.5. The fourth-order valence-electron chi connectivity index (χ4n) is 3.15. The smallest absolute Gasteiger partial charge is 0.259 e. The molecule has 0 saturated heterocycles. The maximum absolute atomic E-state index is 12.3. The van der Waals surface area contributed by atoms with Crippen LogP contribution in [-0.2, 0) is 16.0 Å². The molecule has 0 aromatic heterocycles. The topological polar surface area (TPSA) is 67.9 Å². The highest BCUT2D eigenvalue weighted by molar-refractivity contribution is 6.30. The lowest BCUT2D eigenvalue weighted by Crippen LogP contribution is -2.36. The number of carbonyl (C=O) groups is 2. The monoisotopic (exact) mass is 416 g/mol. The second kappa shape index (κ2) is 8.74. The first-order valence-corrected chi connectivity index (χ1v) is 9.83. The summed E-state index contributed by atoms with van der Waals surface area (Å²) < 4.78 is 11.7. The van der Waals surface area contributed by atoms with Gasteiger partial charge in [0.05, 0.1) is 18.6 Å². The molecule has 0 radical (unpaired) electrons. The van der Waals surface area contributed by atoms with E-state index in [-0.39, 0.29) is 37.0 Å². The summed E-state index contributed by atoms with van der Waals surface area (Å²) in [7, 11) is 3.34. The van der Waals surface area contributed by atoms with E-state index in [4.69, 9.17) is 21.1 Å². The maximum atomic E-state index is 12.3. The van der Waals surface area contributed by atoms with Crippen LogP contribution in [0.3, 0.4) is 0 Å². The van der Waals surface area contributed by atoms with Crippen molar-refractivity contribution in [3.8, 4) is 11.5 Å². The molecule has 1 aliphatic heterocycles. The molecule has 6 nitrogen and oxygen atoms in total. The van der Waals surface area contributed by atoms with Crippen LogP contribution in [-0.4, -0.2) is 43.5 Å². The number of fused-ring (bicyclic) bond motifs is 1. The highest BCUT2D eigenvalue weighted by Gasteiger charge is 2.28. The van der Waals surface area contributed by atoms with Gasteiger partial charge in [-0.1, -0.05) is 23.7 Å². The van der Waals surface area contributed by atoms with Crippen molar-refractivity contribution in [1.29, 1.82) is 0 Å². The minimum atomic E-state index is -0.310. The second-order valence-electron chi connectivity index (χ2n) is 7.47. The number of benzene rings is 2. The predicted molar refractivity (Wildman–Crippen MR) is 112 cm³/mol. The summed E-state index contributed by atoms with van der Waals surface area (Å²) >= 11 is 6.01. The minimum Gasteiger partial charge on any atom is -0.487 e. The molecule has 0 saturated carbocycles. The van der Waals surface area contributed by atoms with Crippen LogP contribution in [0, 0.1) is 0 Å². The molecule has 0 bridgehead atoms. The molecule has 1 N–H and O–H groups in total. The molecule has 0 spiro atoms. The Bertz CT molecular complexity index is 910. The summed E-state index contributed by atoms with van der Waals surface area (Å²) in [5.41, 5.74) is 2.71. The van der Waals surface area contributed by atoms with E-state index in [1.807, 2.05) is 32.0 Å². The molecule has 154 valence electrons. The van der Waals surface area contributed by atoms with E-state index in [0.717, 1.165) is 16.7 Å². The van der Waals surface area contributed by atoms with Gasteiger partial charge in [0.25, 0.3) is 5.91 Å². The molecule has 0 unspecified atom stereocenters. The summed E-state index contributed by atoms with van der Waals surface area (Å²) in [4.78, 5) is 25.7. The Kier molecular flexibility index (Phi) is 6.33. The third-order valence-electron chi connectivity index (χ3n) is 4.59. The molecule has 1 heterocycles. The number of rotatable bonds is 6. The Morgan fingerprint density at radius 1 is 1.21 bits per heavy atom. The molecule has 0 aliphatic carbocycles. The lowest BCUT2D eigenvalue weighted by Gasteiger charge is -2.29. The Balaban J connectivity index is 2.01. The summed E-state index contributed by atoms with van der Waals surface area (Å²) in [5, 5.41) is 3.67. The van der Waals surface area contributed by atoms with Gasteiger partial charge in [-0.15, -0.1) is 0 Å². The Hall–Kier alpha value is -2.73. The number of hydrogen-bond acceptors (Lipinski definition) is 4. The predicted octanol–water partition coefficient (Wildman–Crippen LogP) is 3.36. The van der Waals surface area contributed by atoms with E-state index in [1.54, 1.807) is 32.3 Å². The zero-order valence-electron chi connectivity index (χ0n) is 17.0. The molecule has 7 heteroatoms. The molecule has 29 heavy (non-hydrogen) atoms. The number of ether oxygens (including phenoxy) is 2. The minimum absolute atomic E-state index is 0.0767. The van der Waals surface area contributed by atoms with Gasteiger partial charge in [-0.05, 0) is 54.8 Å². The molecule has 2 amide bonds. The van der Waals surface area contributed by atoms with Gasteiger partial charge >= 0.3 is 0 Å². The van der Waals surface area contributed by atoms with Crippen molar-refractivity contribution in [2.75, 3.05) is 20.7 Å². The van der Waals surface area contributed by atoms with Crippen LogP contribution in [0.5, 0.6) is 11.5 Å². The van der Waals surface area contributed by atoms with Crippen LogP contribution in [0.15, 0.2) is 36.4 Å². The van der Waals surface area contributed by atoms with Gasteiger partial charge in [-0.2, -0.15) is 0 Å². The van der Waals surface area contributed by atoms with E-state index in [2.05, 4.69) is 5.32 Å². The fraction of sp³-hybridized carbons (Fsp3) is 0.364. The molecule has 2 aromatic carbocycles. The van der Waals surface area contributed by atoms with Gasteiger partial charge in [-0.25, -0.2) is 0 Å². The Morgan fingerprint density at radius 3 is 2.52 bits per heavy atom. The molecule has 3 rings (SSSR count). The number of amides is 2. The zero-order chi connectivity index (χ0) is 21.1. The van der Waals surface area contributed by atoms with Crippen molar-refractivity contribution < 1.29 is 19.1 Å². The van der Waals surface area contributed by atoms with Gasteiger partial charge < -0.3 is 19.7 Å². The largest absolute Gasteiger partial charge is 0.487 e. The summed E-state index contributed by atoms with van der Waals surface area (Å²) in [5.74, 6) is 0.762. The summed E-state index contributed by atoms with van der Waals surface area (Å²) in [6, 6.07) is 10.8. The van der Waals surface area contributed by atoms with E-state index < -0.39 is 0 Å². The van der Waals surface area contributed by atoms with Crippen LogP contribution >= 0.6 is 11.6 Å². The first kappa shape index (κ1) is 21.0. The lowest BCUT2D eigenvalue weighted by atomic mass is 9.89. The third-order valence-corrected chi connectivity index (χ3v) is 4.84. The number of likely N-dealkylation sites (N-methyl/N-ethyl adjacent to an activating group) is 1. The molecular formula is C22H25ClN2O4. The van der Waals surface area contributed by atoms with Gasteiger partial charge in [0.1, 0.15) is 0 Å². The molecule has 1 atom stereocenters. The fourth-order valence-corrected chi connectivity index (χ4v) is 3.27.